The summed E-state index contributed by atoms with van der Waals surface area (Å²) in [7, 11) is 0. The Hall–Kier alpha value is -0.210. The van der Waals surface area contributed by atoms with Crippen LogP contribution in [0.5, 0.6) is 0 Å². The zero-order valence-electron chi connectivity index (χ0n) is 8.47. The number of halogens is 2. The predicted octanol–water partition coefficient (Wildman–Crippen LogP) is 4.16. The van der Waals surface area contributed by atoms with Crippen molar-refractivity contribution >= 4 is 23.2 Å². The Labute approximate surface area is 95.2 Å². The quantitative estimate of drug-likeness (QED) is 0.677. The van der Waals surface area contributed by atoms with Gasteiger partial charge in [0.15, 0.2) is 5.15 Å². The van der Waals surface area contributed by atoms with E-state index in [1.807, 2.05) is 4.57 Å². The number of nitrogens with zero attached hydrogens (tertiary/aromatic N) is 2. The fraction of sp³-hybridized carbons (Fsp3) is 0.700. The maximum atomic E-state index is 5.92. The van der Waals surface area contributed by atoms with Crippen molar-refractivity contribution in [1.29, 1.82) is 0 Å². The van der Waals surface area contributed by atoms with E-state index in [1.54, 1.807) is 6.33 Å². The molecule has 0 aliphatic carbocycles. The molecule has 0 N–H and O–H groups in total. The number of unbranched alkanes of at least 4 members (excludes halogenated alkanes) is 4. The Morgan fingerprint density at radius 3 is 2.50 bits per heavy atom. The van der Waals surface area contributed by atoms with Gasteiger partial charge in [0.2, 0.25) is 0 Å². The summed E-state index contributed by atoms with van der Waals surface area (Å²) in [4.78, 5) is 3.93. The van der Waals surface area contributed by atoms with Gasteiger partial charge >= 0.3 is 0 Å². The highest BCUT2D eigenvalue weighted by atomic mass is 35.5. The molecule has 0 fully saturated rings. The second-order valence-electron chi connectivity index (χ2n) is 3.43. The molecule has 1 aromatic heterocycles. The Balaban J connectivity index is 2.21. The van der Waals surface area contributed by atoms with Gasteiger partial charge in [-0.25, -0.2) is 4.98 Å². The summed E-state index contributed by atoms with van der Waals surface area (Å²) >= 11 is 11.6. The van der Waals surface area contributed by atoms with Crippen molar-refractivity contribution in [2.45, 2.75) is 45.6 Å². The van der Waals surface area contributed by atoms with Crippen molar-refractivity contribution in [3.8, 4) is 0 Å². The minimum Gasteiger partial charge on any atom is -0.320 e. The molecule has 0 amide bonds. The molecule has 80 valence electrons. The smallest absolute Gasteiger partial charge is 0.166 e. The number of aryl methyl sites for hydroxylation is 1. The predicted molar refractivity (Wildman–Crippen MR) is 61.0 cm³/mol. The van der Waals surface area contributed by atoms with Gasteiger partial charge in [-0.2, -0.15) is 0 Å². The molecule has 0 saturated heterocycles. The molecule has 1 rings (SSSR count). The maximum Gasteiger partial charge on any atom is 0.166 e. The first-order valence-electron chi connectivity index (χ1n) is 5.11. The minimum absolute atomic E-state index is 0.403. The molecule has 0 spiro atoms. The van der Waals surface area contributed by atoms with Gasteiger partial charge in [0.25, 0.3) is 0 Å². The van der Waals surface area contributed by atoms with Gasteiger partial charge in [0.1, 0.15) is 5.15 Å². The van der Waals surface area contributed by atoms with Crippen LogP contribution in [-0.2, 0) is 6.54 Å². The average molecular weight is 235 g/mol. The average Bonchev–Trinajstić information content (AvgIpc) is 2.49. The van der Waals surface area contributed by atoms with Gasteiger partial charge in [-0.3, -0.25) is 0 Å². The number of hydrogen-bond acceptors (Lipinski definition) is 1. The number of aromatic nitrogens is 2. The Morgan fingerprint density at radius 2 is 1.93 bits per heavy atom. The third kappa shape index (κ3) is 3.50. The van der Waals surface area contributed by atoms with Crippen molar-refractivity contribution in [3.63, 3.8) is 0 Å². The van der Waals surface area contributed by atoms with Crippen molar-refractivity contribution in [3.05, 3.63) is 16.6 Å². The van der Waals surface area contributed by atoms with E-state index in [2.05, 4.69) is 11.9 Å². The minimum atomic E-state index is 0.403. The van der Waals surface area contributed by atoms with Crippen LogP contribution < -0.4 is 0 Å². The molecule has 4 heteroatoms. The third-order valence-electron chi connectivity index (χ3n) is 2.24. The lowest BCUT2D eigenvalue weighted by Gasteiger charge is -2.03. The van der Waals surface area contributed by atoms with E-state index >= 15 is 0 Å². The second kappa shape index (κ2) is 6.31. The Morgan fingerprint density at radius 1 is 1.21 bits per heavy atom. The van der Waals surface area contributed by atoms with Crippen LogP contribution in [0, 0.1) is 0 Å². The molecule has 14 heavy (non-hydrogen) atoms. The summed E-state index contributed by atoms with van der Waals surface area (Å²) in [5, 5.41) is 0.961. The molecular formula is C10H16Cl2N2. The van der Waals surface area contributed by atoms with Crippen LogP contribution in [0.15, 0.2) is 6.33 Å². The number of imidazole rings is 1. The van der Waals surface area contributed by atoms with Crippen LogP contribution in [0.2, 0.25) is 10.3 Å². The second-order valence-corrected chi connectivity index (χ2v) is 4.15. The van der Waals surface area contributed by atoms with E-state index in [9.17, 15) is 0 Å². The lowest BCUT2D eigenvalue weighted by Crippen LogP contribution is -1.96. The molecule has 0 unspecified atom stereocenters. The molecule has 0 atom stereocenters. The summed E-state index contributed by atoms with van der Waals surface area (Å²) < 4.78 is 1.90. The third-order valence-corrected chi connectivity index (χ3v) is 3.00. The highest BCUT2D eigenvalue weighted by Gasteiger charge is 2.04. The summed E-state index contributed by atoms with van der Waals surface area (Å²) in [6, 6.07) is 0. The maximum absolute atomic E-state index is 5.92. The van der Waals surface area contributed by atoms with E-state index in [4.69, 9.17) is 23.2 Å². The first kappa shape index (κ1) is 11.9. The summed E-state index contributed by atoms with van der Waals surface area (Å²) in [5.74, 6) is 0. The largest absolute Gasteiger partial charge is 0.320 e. The standard InChI is InChI=1S/C10H16Cl2N2/c1-2-3-4-5-6-7-14-8-13-9(11)10(14)12/h8H,2-7H2,1H3. The van der Waals surface area contributed by atoms with Crippen LogP contribution in [-0.4, -0.2) is 9.55 Å². The van der Waals surface area contributed by atoms with Crippen LogP contribution in [0.3, 0.4) is 0 Å². The highest BCUT2D eigenvalue weighted by molar-refractivity contribution is 6.40. The monoisotopic (exact) mass is 234 g/mol. The van der Waals surface area contributed by atoms with Gasteiger partial charge in [0, 0.05) is 6.54 Å². The Bertz CT molecular complexity index is 271. The van der Waals surface area contributed by atoms with Crippen LogP contribution >= 0.6 is 23.2 Å². The molecule has 0 radical (unpaired) electrons. The van der Waals surface area contributed by atoms with E-state index in [-0.39, 0.29) is 0 Å². The number of rotatable bonds is 6. The molecule has 0 bridgehead atoms. The summed E-state index contributed by atoms with van der Waals surface area (Å²) in [6.07, 6.45) is 7.99. The molecule has 0 aliphatic rings. The summed E-state index contributed by atoms with van der Waals surface area (Å²) in [5.41, 5.74) is 0. The van der Waals surface area contributed by atoms with Gasteiger partial charge in [-0.05, 0) is 6.42 Å². The van der Waals surface area contributed by atoms with Crippen molar-refractivity contribution in [2.24, 2.45) is 0 Å². The van der Waals surface area contributed by atoms with Gasteiger partial charge in [-0.15, -0.1) is 0 Å². The van der Waals surface area contributed by atoms with Crippen molar-refractivity contribution in [1.82, 2.24) is 9.55 Å². The first-order valence-corrected chi connectivity index (χ1v) is 5.87. The molecule has 0 saturated carbocycles. The number of hydrogen-bond donors (Lipinski definition) is 0. The first-order chi connectivity index (χ1) is 6.75. The Kier molecular flexibility index (Phi) is 5.34. The van der Waals surface area contributed by atoms with E-state index in [0.29, 0.717) is 10.3 Å². The molecule has 2 nitrogen and oxygen atoms in total. The highest BCUT2D eigenvalue weighted by Crippen LogP contribution is 2.20. The van der Waals surface area contributed by atoms with E-state index in [1.165, 1.54) is 25.7 Å². The normalized spacial score (nSPS) is 10.8. The topological polar surface area (TPSA) is 17.8 Å². The molecule has 1 heterocycles. The van der Waals surface area contributed by atoms with Gasteiger partial charge in [0.05, 0.1) is 6.33 Å². The van der Waals surface area contributed by atoms with Crippen LogP contribution in [0.1, 0.15) is 39.0 Å². The lowest BCUT2D eigenvalue weighted by molar-refractivity contribution is 0.568. The molecule has 0 aromatic carbocycles. The lowest BCUT2D eigenvalue weighted by atomic mass is 10.1. The van der Waals surface area contributed by atoms with E-state index < -0.39 is 0 Å². The van der Waals surface area contributed by atoms with Crippen molar-refractivity contribution in [2.75, 3.05) is 0 Å². The van der Waals surface area contributed by atoms with E-state index in [0.717, 1.165) is 13.0 Å². The van der Waals surface area contributed by atoms with Crippen LogP contribution in [0.25, 0.3) is 0 Å². The fourth-order valence-electron chi connectivity index (χ4n) is 1.38. The zero-order valence-corrected chi connectivity index (χ0v) is 9.98. The molecule has 0 aliphatic heterocycles. The SMILES string of the molecule is CCCCCCCn1cnc(Cl)c1Cl. The van der Waals surface area contributed by atoms with Gasteiger partial charge in [-0.1, -0.05) is 55.8 Å². The van der Waals surface area contributed by atoms with Gasteiger partial charge < -0.3 is 4.57 Å². The van der Waals surface area contributed by atoms with Crippen molar-refractivity contribution < 1.29 is 0 Å². The fourth-order valence-corrected chi connectivity index (χ4v) is 1.71. The summed E-state index contributed by atoms with van der Waals surface area (Å²) in [6.45, 7) is 3.13. The molecule has 1 aromatic rings. The molecular weight excluding hydrogens is 219 g/mol. The van der Waals surface area contributed by atoms with Crippen LogP contribution in [0.4, 0.5) is 0 Å². The zero-order chi connectivity index (χ0) is 10.4.